The Morgan fingerprint density at radius 1 is 0.343 bits per heavy atom. The minimum absolute atomic E-state index is 0.833. The summed E-state index contributed by atoms with van der Waals surface area (Å²) in [7, 11) is 0. The van der Waals surface area contributed by atoms with Crippen molar-refractivity contribution in [3.63, 3.8) is 0 Å². The van der Waals surface area contributed by atoms with E-state index in [-0.39, 0.29) is 0 Å². The van der Waals surface area contributed by atoms with Crippen molar-refractivity contribution in [2.75, 3.05) is 0 Å². The van der Waals surface area contributed by atoms with Gasteiger partial charge in [0.15, 0.2) is 0 Å². The minimum atomic E-state index is 0.833. The standard InChI is InChI=1S/C13H12.C12H10.C4H10.3C2H6/c1-11-7-9-13(10-8-11)12-5-3-2-4-6-12;1-3-7-11(8-4-1)12-9-5-2-6-10-12;1-4(2)3;3*1-2/h2-10H,1H3;1-10H;4H,1-3H3;3*1-2H3. The van der Waals surface area contributed by atoms with Crippen LogP contribution in [0.15, 0.2) is 115 Å². The van der Waals surface area contributed by atoms with Crippen molar-refractivity contribution in [2.24, 2.45) is 5.92 Å². The van der Waals surface area contributed by atoms with Crippen LogP contribution in [-0.2, 0) is 0 Å². The molecule has 35 heavy (non-hydrogen) atoms. The quantitative estimate of drug-likeness (QED) is 0.273. The topological polar surface area (TPSA) is 0 Å². The van der Waals surface area contributed by atoms with Crippen LogP contribution in [-0.4, -0.2) is 0 Å². The van der Waals surface area contributed by atoms with Crippen molar-refractivity contribution in [3.05, 3.63) is 121 Å². The van der Waals surface area contributed by atoms with Gasteiger partial charge in [-0.1, -0.05) is 183 Å². The van der Waals surface area contributed by atoms with Crippen molar-refractivity contribution >= 4 is 0 Å². The van der Waals surface area contributed by atoms with E-state index in [0.717, 1.165) is 5.92 Å². The molecule has 0 nitrogen and oxygen atoms in total. The maximum Gasteiger partial charge on any atom is -0.0184 e. The predicted molar refractivity (Wildman–Crippen MR) is 163 cm³/mol. The molecular weight excluding hydrogens is 420 g/mol. The largest absolute Gasteiger partial charge is 0.0683 e. The molecule has 0 fully saturated rings. The Morgan fingerprint density at radius 3 is 0.771 bits per heavy atom. The van der Waals surface area contributed by atoms with Gasteiger partial charge in [0.05, 0.1) is 0 Å². The maximum atomic E-state index is 2.17. The zero-order chi connectivity index (χ0) is 26.9. The van der Waals surface area contributed by atoms with Gasteiger partial charge in [-0.25, -0.2) is 0 Å². The summed E-state index contributed by atoms with van der Waals surface area (Å²) in [6.45, 7) is 20.6. The van der Waals surface area contributed by atoms with E-state index in [9.17, 15) is 0 Å². The molecule has 0 heterocycles. The van der Waals surface area contributed by atoms with Crippen LogP contribution in [0.2, 0.25) is 0 Å². The van der Waals surface area contributed by atoms with Crippen molar-refractivity contribution in [3.8, 4) is 22.3 Å². The van der Waals surface area contributed by atoms with Gasteiger partial charge in [0.1, 0.15) is 0 Å². The van der Waals surface area contributed by atoms with Crippen LogP contribution in [0.5, 0.6) is 0 Å². The molecule has 0 radical (unpaired) electrons. The van der Waals surface area contributed by atoms with Gasteiger partial charge in [0.2, 0.25) is 0 Å². The van der Waals surface area contributed by atoms with Gasteiger partial charge < -0.3 is 0 Å². The van der Waals surface area contributed by atoms with Gasteiger partial charge in [-0.15, -0.1) is 0 Å². The van der Waals surface area contributed by atoms with Crippen LogP contribution in [0.3, 0.4) is 0 Å². The van der Waals surface area contributed by atoms with E-state index in [1.54, 1.807) is 0 Å². The summed E-state index contributed by atoms with van der Waals surface area (Å²) in [5.74, 6) is 0.833. The molecule has 0 N–H and O–H groups in total. The second-order valence-corrected chi connectivity index (χ2v) is 7.70. The highest BCUT2D eigenvalue weighted by atomic mass is 14.0. The second-order valence-electron chi connectivity index (χ2n) is 7.70. The highest BCUT2D eigenvalue weighted by molar-refractivity contribution is 5.63. The van der Waals surface area contributed by atoms with E-state index >= 15 is 0 Å². The molecule has 4 aromatic carbocycles. The van der Waals surface area contributed by atoms with E-state index < -0.39 is 0 Å². The first-order chi connectivity index (χ1) is 17.1. The van der Waals surface area contributed by atoms with Gasteiger partial charge in [-0.2, -0.15) is 0 Å². The van der Waals surface area contributed by atoms with Crippen LogP contribution in [0.1, 0.15) is 67.9 Å². The van der Waals surface area contributed by atoms with E-state index in [0.29, 0.717) is 0 Å². The van der Waals surface area contributed by atoms with Crippen LogP contribution in [0.4, 0.5) is 0 Å². The summed E-state index contributed by atoms with van der Waals surface area (Å²) in [5, 5.41) is 0. The molecule has 0 amide bonds. The summed E-state index contributed by atoms with van der Waals surface area (Å²) < 4.78 is 0. The van der Waals surface area contributed by atoms with E-state index in [2.05, 4.69) is 125 Å². The van der Waals surface area contributed by atoms with Gasteiger partial charge in [-0.05, 0) is 35.1 Å². The van der Waals surface area contributed by atoms with Gasteiger partial charge in [0.25, 0.3) is 0 Å². The number of benzene rings is 4. The number of hydrogen-bond donors (Lipinski definition) is 0. The zero-order valence-corrected chi connectivity index (χ0v) is 24.0. The van der Waals surface area contributed by atoms with Crippen LogP contribution in [0, 0.1) is 12.8 Å². The molecule has 0 aliphatic heterocycles. The third-order valence-electron chi connectivity index (χ3n) is 4.04. The molecule has 0 unspecified atom stereocenters. The molecule has 0 spiro atoms. The first-order valence-corrected chi connectivity index (χ1v) is 13.3. The van der Waals surface area contributed by atoms with Crippen LogP contribution in [0.25, 0.3) is 22.3 Å². The average Bonchev–Trinajstić information content (AvgIpc) is 2.94. The number of aryl methyl sites for hydroxylation is 1. The first-order valence-electron chi connectivity index (χ1n) is 13.3. The fourth-order valence-corrected chi connectivity index (χ4v) is 2.64. The molecule has 4 rings (SSSR count). The number of hydrogen-bond acceptors (Lipinski definition) is 0. The lowest BCUT2D eigenvalue weighted by Gasteiger charge is -2.00. The Hall–Kier alpha value is -3.12. The molecule has 0 bridgehead atoms. The summed E-state index contributed by atoms with van der Waals surface area (Å²) >= 11 is 0. The number of rotatable bonds is 2. The molecule has 4 aromatic rings. The smallest absolute Gasteiger partial charge is 0.0184 e. The highest BCUT2D eigenvalue weighted by Gasteiger charge is 1.94. The molecular formula is C35H50. The lowest BCUT2D eigenvalue weighted by atomic mass is 10.0. The Bertz CT molecular complexity index is 866. The molecule has 0 saturated carbocycles. The third-order valence-corrected chi connectivity index (χ3v) is 4.04. The van der Waals surface area contributed by atoms with Crippen LogP contribution >= 0.6 is 0 Å². The van der Waals surface area contributed by atoms with Gasteiger partial charge in [-0.3, -0.25) is 0 Å². The fraction of sp³-hybridized carbons (Fsp3) is 0.314. The molecule has 190 valence electrons. The van der Waals surface area contributed by atoms with Gasteiger partial charge >= 0.3 is 0 Å². The summed E-state index contributed by atoms with van der Waals surface area (Å²) in [4.78, 5) is 0. The molecule has 0 saturated heterocycles. The molecule has 0 heteroatoms. The monoisotopic (exact) mass is 470 g/mol. The van der Waals surface area contributed by atoms with Crippen LogP contribution < -0.4 is 0 Å². The molecule has 0 aromatic heterocycles. The summed E-state index contributed by atoms with van der Waals surface area (Å²) in [5.41, 5.74) is 6.42. The highest BCUT2D eigenvalue weighted by Crippen LogP contribution is 2.19. The summed E-state index contributed by atoms with van der Waals surface area (Å²) in [6.07, 6.45) is 0. The lowest BCUT2D eigenvalue weighted by Crippen LogP contribution is -1.76. The second kappa shape index (κ2) is 24.0. The van der Waals surface area contributed by atoms with E-state index in [4.69, 9.17) is 0 Å². The minimum Gasteiger partial charge on any atom is -0.0683 e. The zero-order valence-electron chi connectivity index (χ0n) is 24.0. The molecule has 0 atom stereocenters. The first kappa shape index (κ1) is 34.0. The predicted octanol–water partition coefficient (Wildman–Crippen LogP) is 11.8. The van der Waals surface area contributed by atoms with E-state index in [1.807, 2.05) is 59.7 Å². The lowest BCUT2D eigenvalue weighted by molar-refractivity contribution is 0.737. The van der Waals surface area contributed by atoms with Crippen molar-refractivity contribution in [2.45, 2.75) is 69.2 Å². The Kier molecular flexibility index (Phi) is 23.4. The SMILES string of the molecule is CC.CC.CC.CC(C)C.Cc1ccc(-c2ccccc2)cc1.c1ccc(-c2ccccc2)cc1. The van der Waals surface area contributed by atoms with Crippen molar-refractivity contribution in [1.82, 2.24) is 0 Å². The Balaban J connectivity index is 0. The average molecular weight is 471 g/mol. The summed E-state index contributed by atoms with van der Waals surface area (Å²) in [6, 6.07) is 39.8. The Morgan fingerprint density at radius 2 is 0.543 bits per heavy atom. The Labute approximate surface area is 218 Å². The normalized spacial score (nSPS) is 8.54. The fourth-order valence-electron chi connectivity index (χ4n) is 2.64. The molecule has 0 aliphatic carbocycles. The van der Waals surface area contributed by atoms with E-state index in [1.165, 1.54) is 27.8 Å². The van der Waals surface area contributed by atoms with Gasteiger partial charge in [0, 0.05) is 0 Å². The molecule has 0 aliphatic rings. The van der Waals surface area contributed by atoms with Crippen molar-refractivity contribution in [1.29, 1.82) is 0 Å². The third kappa shape index (κ3) is 17.0. The van der Waals surface area contributed by atoms with Crippen molar-refractivity contribution < 1.29 is 0 Å². The maximum absolute atomic E-state index is 2.17.